The van der Waals surface area contributed by atoms with Crippen LogP contribution in [0.4, 0.5) is 10.1 Å². The van der Waals surface area contributed by atoms with Gasteiger partial charge in [-0.25, -0.2) is 4.39 Å². The number of hydrogen-bond donors (Lipinski definition) is 0. The summed E-state index contributed by atoms with van der Waals surface area (Å²) in [5.74, 6) is 1.14. The van der Waals surface area contributed by atoms with Gasteiger partial charge in [-0.2, -0.15) is 0 Å². The SMILES string of the molecule is O=[N+]([O-])c1ccc(CSc2nnc(CN3CCCCC3)n2-c2ccc(F)cc2)cc1. The number of benzene rings is 2. The first kappa shape index (κ1) is 20.5. The molecule has 0 amide bonds. The highest BCUT2D eigenvalue weighted by Gasteiger charge is 2.19. The van der Waals surface area contributed by atoms with Crippen molar-refractivity contribution in [2.75, 3.05) is 13.1 Å². The van der Waals surface area contributed by atoms with E-state index >= 15 is 0 Å². The van der Waals surface area contributed by atoms with Gasteiger partial charge in [0.1, 0.15) is 5.82 Å². The van der Waals surface area contributed by atoms with Crippen molar-refractivity contribution in [3.63, 3.8) is 0 Å². The van der Waals surface area contributed by atoms with Crippen molar-refractivity contribution in [1.82, 2.24) is 19.7 Å². The predicted molar refractivity (Wildman–Crippen MR) is 113 cm³/mol. The lowest BCUT2D eigenvalue weighted by Crippen LogP contribution is -2.30. The molecule has 0 saturated carbocycles. The fourth-order valence-corrected chi connectivity index (χ4v) is 4.45. The summed E-state index contributed by atoms with van der Waals surface area (Å²) in [5, 5.41) is 20.4. The van der Waals surface area contributed by atoms with Gasteiger partial charge >= 0.3 is 0 Å². The van der Waals surface area contributed by atoms with Crippen LogP contribution in [-0.2, 0) is 12.3 Å². The third kappa shape index (κ3) is 4.85. The monoisotopic (exact) mass is 427 g/mol. The number of rotatable bonds is 7. The number of likely N-dealkylation sites (tertiary alicyclic amines) is 1. The molecule has 0 spiro atoms. The van der Waals surface area contributed by atoms with Gasteiger partial charge in [0.2, 0.25) is 0 Å². The largest absolute Gasteiger partial charge is 0.296 e. The molecule has 4 rings (SSSR count). The van der Waals surface area contributed by atoms with Gasteiger partial charge in [-0.1, -0.05) is 30.3 Å². The topological polar surface area (TPSA) is 77.1 Å². The van der Waals surface area contributed by atoms with E-state index in [2.05, 4.69) is 15.1 Å². The lowest BCUT2D eigenvalue weighted by Gasteiger charge is -2.26. The van der Waals surface area contributed by atoms with Crippen LogP contribution in [0.2, 0.25) is 0 Å². The van der Waals surface area contributed by atoms with Crippen LogP contribution >= 0.6 is 11.8 Å². The highest BCUT2D eigenvalue weighted by molar-refractivity contribution is 7.98. The van der Waals surface area contributed by atoms with Gasteiger partial charge in [-0.3, -0.25) is 19.6 Å². The Kier molecular flexibility index (Phi) is 6.39. The van der Waals surface area contributed by atoms with Gasteiger partial charge in [-0.15, -0.1) is 10.2 Å². The second-order valence-electron chi connectivity index (χ2n) is 7.26. The van der Waals surface area contributed by atoms with Crippen LogP contribution in [0.5, 0.6) is 0 Å². The van der Waals surface area contributed by atoms with E-state index < -0.39 is 4.92 Å². The molecule has 3 aromatic rings. The number of halogens is 1. The van der Waals surface area contributed by atoms with Gasteiger partial charge in [0, 0.05) is 23.6 Å². The van der Waals surface area contributed by atoms with Crippen LogP contribution < -0.4 is 0 Å². The van der Waals surface area contributed by atoms with E-state index in [1.807, 2.05) is 4.57 Å². The molecule has 0 bridgehead atoms. The summed E-state index contributed by atoms with van der Waals surface area (Å²) in [4.78, 5) is 12.8. The Balaban J connectivity index is 1.56. The summed E-state index contributed by atoms with van der Waals surface area (Å²) in [6, 6.07) is 12.8. The molecule has 1 aromatic heterocycles. The van der Waals surface area contributed by atoms with Crippen LogP contribution in [0.3, 0.4) is 0 Å². The zero-order valence-corrected chi connectivity index (χ0v) is 17.2. The number of thioether (sulfide) groups is 1. The number of nitrogens with zero attached hydrogens (tertiary/aromatic N) is 5. The summed E-state index contributed by atoms with van der Waals surface area (Å²) >= 11 is 1.50. The molecule has 1 aliphatic rings. The first-order chi connectivity index (χ1) is 14.6. The Morgan fingerprint density at radius 3 is 2.37 bits per heavy atom. The van der Waals surface area contributed by atoms with E-state index in [4.69, 9.17) is 0 Å². The molecule has 0 radical (unpaired) electrons. The Morgan fingerprint density at radius 1 is 1.00 bits per heavy atom. The molecular formula is C21H22FN5O2S. The van der Waals surface area contributed by atoms with Crippen molar-refractivity contribution in [3.05, 3.63) is 75.9 Å². The summed E-state index contributed by atoms with van der Waals surface area (Å²) in [6.07, 6.45) is 3.64. The number of nitro benzene ring substituents is 1. The molecule has 156 valence electrons. The van der Waals surface area contributed by atoms with Gasteiger partial charge in [0.05, 0.1) is 11.5 Å². The Morgan fingerprint density at radius 2 is 1.70 bits per heavy atom. The molecule has 2 heterocycles. The van der Waals surface area contributed by atoms with E-state index in [9.17, 15) is 14.5 Å². The molecule has 1 saturated heterocycles. The molecule has 0 atom stereocenters. The third-order valence-corrected chi connectivity index (χ3v) is 6.11. The maximum Gasteiger partial charge on any atom is 0.269 e. The maximum absolute atomic E-state index is 13.5. The molecule has 0 N–H and O–H groups in total. The third-order valence-electron chi connectivity index (χ3n) is 5.11. The van der Waals surface area contributed by atoms with Crippen LogP contribution in [-0.4, -0.2) is 37.7 Å². The average molecular weight is 428 g/mol. The quantitative estimate of drug-likeness (QED) is 0.312. The van der Waals surface area contributed by atoms with Crippen molar-refractivity contribution >= 4 is 17.4 Å². The zero-order valence-electron chi connectivity index (χ0n) is 16.4. The number of hydrogen-bond acceptors (Lipinski definition) is 6. The molecule has 7 nitrogen and oxygen atoms in total. The second-order valence-corrected chi connectivity index (χ2v) is 8.20. The van der Waals surface area contributed by atoms with Crippen molar-refractivity contribution < 1.29 is 9.31 Å². The zero-order chi connectivity index (χ0) is 20.9. The van der Waals surface area contributed by atoms with Crippen LogP contribution in [0.1, 0.15) is 30.7 Å². The summed E-state index contributed by atoms with van der Waals surface area (Å²) < 4.78 is 15.4. The molecule has 0 unspecified atom stereocenters. The van der Waals surface area contributed by atoms with Crippen LogP contribution in [0, 0.1) is 15.9 Å². The van der Waals surface area contributed by atoms with Crippen LogP contribution in [0.25, 0.3) is 5.69 Å². The van der Waals surface area contributed by atoms with Gasteiger partial charge in [0.25, 0.3) is 5.69 Å². The highest BCUT2D eigenvalue weighted by Crippen LogP contribution is 2.27. The number of piperidine rings is 1. The summed E-state index contributed by atoms with van der Waals surface area (Å²) in [7, 11) is 0. The Bertz CT molecular complexity index is 1000. The number of non-ortho nitro benzene ring substituents is 1. The van der Waals surface area contributed by atoms with Crippen LogP contribution in [0.15, 0.2) is 53.7 Å². The number of aromatic nitrogens is 3. The Labute approximate surface area is 178 Å². The highest BCUT2D eigenvalue weighted by atomic mass is 32.2. The lowest BCUT2D eigenvalue weighted by molar-refractivity contribution is -0.384. The Hall–Kier alpha value is -2.78. The lowest BCUT2D eigenvalue weighted by atomic mass is 10.1. The minimum absolute atomic E-state index is 0.0713. The van der Waals surface area contributed by atoms with E-state index in [0.717, 1.165) is 30.2 Å². The van der Waals surface area contributed by atoms with Gasteiger partial charge < -0.3 is 0 Å². The molecule has 30 heavy (non-hydrogen) atoms. The predicted octanol–water partition coefficient (Wildman–Crippen LogP) is 4.59. The first-order valence-electron chi connectivity index (χ1n) is 9.89. The van der Waals surface area contributed by atoms with E-state index in [-0.39, 0.29) is 11.5 Å². The maximum atomic E-state index is 13.5. The minimum atomic E-state index is -0.408. The first-order valence-corrected chi connectivity index (χ1v) is 10.9. The molecular weight excluding hydrogens is 405 g/mol. The van der Waals surface area contributed by atoms with E-state index in [1.165, 1.54) is 55.3 Å². The molecule has 0 aliphatic carbocycles. The van der Waals surface area contributed by atoms with E-state index in [0.29, 0.717) is 17.5 Å². The fourth-order valence-electron chi connectivity index (χ4n) is 3.52. The minimum Gasteiger partial charge on any atom is -0.296 e. The normalized spacial score (nSPS) is 14.7. The molecule has 9 heteroatoms. The van der Waals surface area contributed by atoms with E-state index in [1.54, 1.807) is 24.3 Å². The summed E-state index contributed by atoms with van der Waals surface area (Å²) in [5.41, 5.74) is 1.85. The second kappa shape index (κ2) is 9.36. The van der Waals surface area contributed by atoms with Crippen molar-refractivity contribution in [2.45, 2.75) is 36.7 Å². The van der Waals surface area contributed by atoms with Gasteiger partial charge in [-0.05, 0) is 55.8 Å². The summed E-state index contributed by atoms with van der Waals surface area (Å²) in [6.45, 7) is 2.78. The van der Waals surface area contributed by atoms with Crippen molar-refractivity contribution in [1.29, 1.82) is 0 Å². The smallest absolute Gasteiger partial charge is 0.269 e. The fraction of sp³-hybridized carbons (Fsp3) is 0.333. The van der Waals surface area contributed by atoms with Gasteiger partial charge in [0.15, 0.2) is 11.0 Å². The average Bonchev–Trinajstić information content (AvgIpc) is 3.16. The van der Waals surface area contributed by atoms with Crippen molar-refractivity contribution in [3.8, 4) is 5.69 Å². The molecule has 1 aliphatic heterocycles. The number of nitro groups is 1. The standard InChI is InChI=1S/C21H22FN5O2S/c22-17-6-10-18(11-7-17)26-20(14-25-12-2-1-3-13-25)23-24-21(26)30-15-16-4-8-19(9-5-16)27(28)29/h4-11H,1-3,12-15H2. The molecule has 1 fully saturated rings. The van der Waals surface area contributed by atoms with Crippen molar-refractivity contribution in [2.24, 2.45) is 0 Å². The molecule has 2 aromatic carbocycles.